The monoisotopic (exact) mass is 331 g/mol. The van der Waals surface area contributed by atoms with E-state index in [0.29, 0.717) is 12.5 Å². The number of hydrogen-bond acceptors (Lipinski definition) is 4. The highest BCUT2D eigenvalue weighted by atomic mass is 35.5. The van der Waals surface area contributed by atoms with Crippen molar-refractivity contribution in [3.05, 3.63) is 22.4 Å². The Kier molecular flexibility index (Phi) is 7.66. The Hall–Kier alpha value is -0.620. The van der Waals surface area contributed by atoms with E-state index in [4.69, 9.17) is 5.73 Å². The normalized spacial score (nSPS) is 19.6. The number of nitrogens with zero attached hydrogens (tertiary/aromatic N) is 1. The Morgan fingerprint density at radius 3 is 2.67 bits per heavy atom. The molecule has 1 aliphatic heterocycles. The molecular weight excluding hydrogens is 306 g/mol. The number of hydrogen-bond donors (Lipinski definition) is 2. The van der Waals surface area contributed by atoms with Crippen LogP contribution in [0.3, 0.4) is 0 Å². The molecule has 0 bridgehead atoms. The number of halogens is 1. The molecule has 3 N–H and O–H groups in total. The van der Waals surface area contributed by atoms with Crippen LogP contribution in [0, 0.1) is 5.92 Å². The fourth-order valence-corrected chi connectivity index (χ4v) is 3.47. The van der Waals surface area contributed by atoms with Crippen LogP contribution in [-0.2, 0) is 4.79 Å². The molecule has 1 aromatic heterocycles. The summed E-state index contributed by atoms with van der Waals surface area (Å²) in [6, 6.07) is 4.44. The highest BCUT2D eigenvalue weighted by molar-refractivity contribution is 7.10. The summed E-state index contributed by atoms with van der Waals surface area (Å²) < 4.78 is 0. The number of nitrogens with one attached hydrogen (secondary N) is 1. The number of carbonyl (C=O) groups excluding carboxylic acids is 1. The molecule has 1 aromatic rings. The Balaban J connectivity index is 0.00000220. The zero-order valence-corrected chi connectivity index (χ0v) is 14.4. The molecule has 1 aliphatic rings. The van der Waals surface area contributed by atoms with Crippen molar-refractivity contribution in [2.24, 2.45) is 11.7 Å². The quantitative estimate of drug-likeness (QED) is 0.871. The van der Waals surface area contributed by atoms with Crippen LogP contribution in [0.25, 0.3) is 0 Å². The summed E-state index contributed by atoms with van der Waals surface area (Å²) >= 11 is 1.68. The average Bonchev–Trinajstić information content (AvgIpc) is 2.93. The minimum Gasteiger partial charge on any atom is -0.348 e. The van der Waals surface area contributed by atoms with Crippen LogP contribution in [-0.4, -0.2) is 36.5 Å². The van der Waals surface area contributed by atoms with Crippen molar-refractivity contribution in [2.75, 3.05) is 19.6 Å². The fourth-order valence-electron chi connectivity index (χ4n) is 2.74. The molecule has 0 spiro atoms. The number of nitrogens with two attached hydrogens (primary N) is 1. The van der Waals surface area contributed by atoms with Crippen molar-refractivity contribution in [1.82, 2.24) is 10.2 Å². The summed E-state index contributed by atoms with van der Waals surface area (Å²) in [6.45, 7) is 6.57. The van der Waals surface area contributed by atoms with Gasteiger partial charge in [0, 0.05) is 10.9 Å². The first kappa shape index (κ1) is 18.4. The van der Waals surface area contributed by atoms with E-state index in [1.807, 2.05) is 18.4 Å². The molecule has 1 amide bonds. The van der Waals surface area contributed by atoms with Crippen LogP contribution in [0.2, 0.25) is 0 Å². The van der Waals surface area contributed by atoms with Gasteiger partial charge in [-0.2, -0.15) is 0 Å². The molecule has 120 valence electrons. The van der Waals surface area contributed by atoms with Crippen molar-refractivity contribution in [2.45, 2.75) is 38.8 Å². The highest BCUT2D eigenvalue weighted by Crippen LogP contribution is 2.20. The lowest BCUT2D eigenvalue weighted by Gasteiger charge is -2.33. The van der Waals surface area contributed by atoms with Gasteiger partial charge in [-0.1, -0.05) is 6.07 Å². The van der Waals surface area contributed by atoms with Crippen LogP contribution < -0.4 is 11.1 Å². The van der Waals surface area contributed by atoms with E-state index in [0.717, 1.165) is 25.9 Å². The van der Waals surface area contributed by atoms with Gasteiger partial charge < -0.3 is 11.1 Å². The van der Waals surface area contributed by atoms with Crippen LogP contribution in [0.5, 0.6) is 0 Å². The molecule has 2 unspecified atom stereocenters. The van der Waals surface area contributed by atoms with Crippen molar-refractivity contribution < 1.29 is 4.79 Å². The van der Waals surface area contributed by atoms with Crippen molar-refractivity contribution >= 4 is 29.7 Å². The van der Waals surface area contributed by atoms with Gasteiger partial charge in [0.15, 0.2) is 0 Å². The third kappa shape index (κ3) is 5.58. The summed E-state index contributed by atoms with van der Waals surface area (Å²) in [5.74, 6) is 0.726. The molecular formula is C15H26ClN3OS. The minimum atomic E-state index is 0. The Morgan fingerprint density at radius 2 is 2.14 bits per heavy atom. The predicted octanol–water partition coefficient (Wildman–Crippen LogP) is 2.41. The van der Waals surface area contributed by atoms with Gasteiger partial charge in [0.1, 0.15) is 0 Å². The molecule has 1 fully saturated rings. The molecule has 0 radical (unpaired) electrons. The molecule has 6 heteroatoms. The van der Waals surface area contributed by atoms with Crippen LogP contribution in [0.15, 0.2) is 17.5 Å². The number of carbonyl (C=O) groups is 1. The van der Waals surface area contributed by atoms with E-state index in [1.54, 1.807) is 11.3 Å². The van der Waals surface area contributed by atoms with Gasteiger partial charge in [0.25, 0.3) is 0 Å². The average molecular weight is 332 g/mol. The van der Waals surface area contributed by atoms with Gasteiger partial charge >= 0.3 is 0 Å². The van der Waals surface area contributed by atoms with E-state index < -0.39 is 0 Å². The summed E-state index contributed by atoms with van der Waals surface area (Å²) in [5.41, 5.74) is 5.94. The standard InChI is InChI=1S/C15H25N3OS.ClH/c1-11(16)13-5-7-18(8-6-13)10-15(19)17-12(2)14-4-3-9-20-14;/h3-4,9,11-13H,5-8,10,16H2,1-2H3,(H,17,19);1H. The Morgan fingerprint density at radius 1 is 1.48 bits per heavy atom. The van der Waals surface area contributed by atoms with Gasteiger partial charge in [0.2, 0.25) is 5.91 Å². The number of piperidine rings is 1. The molecule has 1 saturated heterocycles. The predicted molar refractivity (Wildman–Crippen MR) is 90.9 cm³/mol. The fraction of sp³-hybridized carbons (Fsp3) is 0.667. The van der Waals surface area contributed by atoms with Crippen LogP contribution >= 0.6 is 23.7 Å². The zero-order chi connectivity index (χ0) is 14.5. The molecule has 0 aromatic carbocycles. The number of likely N-dealkylation sites (tertiary alicyclic amines) is 1. The van der Waals surface area contributed by atoms with Gasteiger partial charge in [-0.05, 0) is 57.1 Å². The lowest BCUT2D eigenvalue weighted by Crippen LogP contribution is -2.44. The summed E-state index contributed by atoms with van der Waals surface area (Å²) in [4.78, 5) is 15.5. The lowest BCUT2D eigenvalue weighted by atomic mass is 9.91. The largest absolute Gasteiger partial charge is 0.348 e. The summed E-state index contributed by atoms with van der Waals surface area (Å²) in [7, 11) is 0. The van der Waals surface area contributed by atoms with Gasteiger partial charge in [-0.15, -0.1) is 23.7 Å². The number of rotatable bonds is 5. The first-order valence-electron chi connectivity index (χ1n) is 7.37. The van der Waals surface area contributed by atoms with Gasteiger partial charge in [0.05, 0.1) is 12.6 Å². The molecule has 2 heterocycles. The molecule has 21 heavy (non-hydrogen) atoms. The summed E-state index contributed by atoms with van der Waals surface area (Å²) in [6.07, 6.45) is 2.21. The first-order valence-corrected chi connectivity index (χ1v) is 8.25. The third-order valence-electron chi connectivity index (χ3n) is 4.09. The molecule has 4 nitrogen and oxygen atoms in total. The first-order chi connectivity index (χ1) is 9.56. The highest BCUT2D eigenvalue weighted by Gasteiger charge is 2.23. The van der Waals surface area contributed by atoms with Crippen LogP contribution in [0.4, 0.5) is 0 Å². The zero-order valence-electron chi connectivity index (χ0n) is 12.7. The second kappa shape index (κ2) is 8.73. The van der Waals surface area contributed by atoms with E-state index in [-0.39, 0.29) is 30.4 Å². The van der Waals surface area contributed by atoms with Gasteiger partial charge in [-0.3, -0.25) is 9.69 Å². The number of thiophene rings is 1. The molecule has 2 rings (SSSR count). The lowest BCUT2D eigenvalue weighted by molar-refractivity contribution is -0.123. The molecule has 2 atom stereocenters. The van der Waals surface area contributed by atoms with E-state index >= 15 is 0 Å². The molecule has 0 aliphatic carbocycles. The maximum atomic E-state index is 12.1. The number of amides is 1. The second-order valence-corrected chi connectivity index (χ2v) is 6.76. The topological polar surface area (TPSA) is 58.4 Å². The summed E-state index contributed by atoms with van der Waals surface area (Å²) in [5, 5.41) is 5.11. The smallest absolute Gasteiger partial charge is 0.234 e. The molecule has 0 saturated carbocycles. The van der Waals surface area contributed by atoms with E-state index in [1.165, 1.54) is 4.88 Å². The van der Waals surface area contributed by atoms with Crippen molar-refractivity contribution in [3.63, 3.8) is 0 Å². The van der Waals surface area contributed by atoms with E-state index in [2.05, 4.69) is 23.2 Å². The minimum absolute atomic E-state index is 0. The third-order valence-corrected chi connectivity index (χ3v) is 5.15. The maximum Gasteiger partial charge on any atom is 0.234 e. The van der Waals surface area contributed by atoms with Crippen LogP contribution in [0.1, 0.15) is 37.6 Å². The van der Waals surface area contributed by atoms with Crippen molar-refractivity contribution in [1.29, 1.82) is 0 Å². The maximum absolute atomic E-state index is 12.1. The van der Waals surface area contributed by atoms with Crippen molar-refractivity contribution in [3.8, 4) is 0 Å². The SMILES string of the molecule is CC(NC(=O)CN1CCC(C(C)N)CC1)c1cccs1.Cl. The Bertz CT molecular complexity index is 417. The van der Waals surface area contributed by atoms with Gasteiger partial charge in [-0.25, -0.2) is 0 Å². The Labute approximate surface area is 137 Å². The van der Waals surface area contributed by atoms with E-state index in [9.17, 15) is 4.79 Å². The second-order valence-electron chi connectivity index (χ2n) is 5.78.